The van der Waals surface area contributed by atoms with Crippen molar-refractivity contribution in [1.82, 2.24) is 15.1 Å². The Bertz CT molecular complexity index is 748. The molecule has 1 atom stereocenters. The Morgan fingerprint density at radius 3 is 2.40 bits per heavy atom. The van der Waals surface area contributed by atoms with E-state index in [1.165, 1.54) is 6.20 Å². The van der Waals surface area contributed by atoms with Crippen molar-refractivity contribution >= 4 is 11.9 Å². The molecule has 25 heavy (non-hydrogen) atoms. The summed E-state index contributed by atoms with van der Waals surface area (Å²) in [5.41, 5.74) is 3.19. The summed E-state index contributed by atoms with van der Waals surface area (Å²) >= 11 is 0. The quantitative estimate of drug-likeness (QED) is 0.808. The molecule has 0 radical (unpaired) electrons. The number of rotatable bonds is 7. The zero-order chi connectivity index (χ0) is 18.6. The van der Waals surface area contributed by atoms with Crippen LogP contribution in [-0.2, 0) is 4.79 Å². The van der Waals surface area contributed by atoms with Crippen LogP contribution in [-0.4, -0.2) is 32.8 Å². The summed E-state index contributed by atoms with van der Waals surface area (Å²) in [5.74, 6) is -1.37. The number of hydrogen-bond donors (Lipinski definition) is 2. The highest BCUT2D eigenvalue weighted by Gasteiger charge is 2.25. The lowest BCUT2D eigenvalue weighted by atomic mass is 10.0. The van der Waals surface area contributed by atoms with Crippen molar-refractivity contribution in [1.29, 1.82) is 0 Å². The van der Waals surface area contributed by atoms with Gasteiger partial charge in [0.1, 0.15) is 6.04 Å². The van der Waals surface area contributed by atoms with Gasteiger partial charge in [-0.3, -0.25) is 4.79 Å². The van der Waals surface area contributed by atoms with Gasteiger partial charge in [-0.2, -0.15) is 5.10 Å². The number of benzene rings is 1. The first-order valence-electron chi connectivity index (χ1n) is 8.53. The van der Waals surface area contributed by atoms with Gasteiger partial charge in [0.2, 0.25) is 0 Å². The molecular formula is C19H25N3O3. The molecule has 0 fully saturated rings. The number of carboxylic acids is 1. The van der Waals surface area contributed by atoms with E-state index in [1.54, 1.807) is 4.68 Å². The third-order valence-electron chi connectivity index (χ3n) is 4.06. The molecule has 2 aromatic rings. The fraction of sp³-hybridized carbons (Fsp3) is 0.421. The maximum absolute atomic E-state index is 12.6. The van der Waals surface area contributed by atoms with Crippen LogP contribution in [0.4, 0.5) is 0 Å². The number of hydrogen-bond acceptors (Lipinski definition) is 3. The summed E-state index contributed by atoms with van der Waals surface area (Å²) in [6, 6.07) is 6.99. The van der Waals surface area contributed by atoms with Gasteiger partial charge in [-0.05, 0) is 31.4 Å². The van der Waals surface area contributed by atoms with Gasteiger partial charge in [-0.1, -0.05) is 44.9 Å². The standard InChI is InChI=1S/C19H25N3O3/c1-5-6-16(19(24)25)21-18(23)15-11-20-22(17(15)12(2)3)14-9-7-13(4)8-10-14/h7-12,16H,5-6H2,1-4H3,(H,21,23)(H,24,25). The topological polar surface area (TPSA) is 84.2 Å². The molecule has 134 valence electrons. The van der Waals surface area contributed by atoms with Crippen LogP contribution in [0.5, 0.6) is 0 Å². The minimum atomic E-state index is -1.02. The second kappa shape index (κ2) is 7.96. The van der Waals surface area contributed by atoms with Crippen molar-refractivity contribution < 1.29 is 14.7 Å². The van der Waals surface area contributed by atoms with E-state index in [9.17, 15) is 14.7 Å². The molecule has 0 aliphatic rings. The van der Waals surface area contributed by atoms with Gasteiger partial charge in [-0.15, -0.1) is 0 Å². The zero-order valence-electron chi connectivity index (χ0n) is 15.1. The summed E-state index contributed by atoms with van der Waals surface area (Å²) in [6.45, 7) is 7.87. The average molecular weight is 343 g/mol. The Morgan fingerprint density at radius 1 is 1.24 bits per heavy atom. The van der Waals surface area contributed by atoms with Crippen LogP contribution >= 0.6 is 0 Å². The third kappa shape index (κ3) is 4.26. The predicted molar refractivity (Wildman–Crippen MR) is 96.2 cm³/mol. The fourth-order valence-corrected chi connectivity index (χ4v) is 2.76. The van der Waals surface area contributed by atoms with Crippen LogP contribution in [0.1, 0.15) is 61.1 Å². The van der Waals surface area contributed by atoms with Crippen molar-refractivity contribution in [2.75, 3.05) is 0 Å². The van der Waals surface area contributed by atoms with E-state index >= 15 is 0 Å². The van der Waals surface area contributed by atoms with Gasteiger partial charge >= 0.3 is 5.97 Å². The van der Waals surface area contributed by atoms with Crippen LogP contribution in [0, 0.1) is 6.92 Å². The molecule has 1 heterocycles. The van der Waals surface area contributed by atoms with E-state index in [1.807, 2.05) is 52.0 Å². The SMILES string of the molecule is CCCC(NC(=O)c1cnn(-c2ccc(C)cc2)c1C(C)C)C(=O)O. The van der Waals surface area contributed by atoms with Gasteiger partial charge in [0.05, 0.1) is 23.1 Å². The molecule has 1 amide bonds. The van der Waals surface area contributed by atoms with Crippen LogP contribution in [0.15, 0.2) is 30.5 Å². The van der Waals surface area contributed by atoms with Crippen molar-refractivity contribution in [2.45, 2.75) is 52.5 Å². The molecule has 6 heteroatoms. The van der Waals surface area contributed by atoms with Crippen molar-refractivity contribution in [3.05, 3.63) is 47.3 Å². The molecular weight excluding hydrogens is 318 g/mol. The maximum Gasteiger partial charge on any atom is 0.326 e. The van der Waals surface area contributed by atoms with Crippen molar-refractivity contribution in [3.8, 4) is 5.69 Å². The van der Waals surface area contributed by atoms with Gasteiger partial charge in [0, 0.05) is 0 Å². The molecule has 0 spiro atoms. The predicted octanol–water partition coefficient (Wildman–Crippen LogP) is 3.29. The summed E-state index contributed by atoms with van der Waals surface area (Å²) in [4.78, 5) is 23.9. The molecule has 2 N–H and O–H groups in total. The Balaban J connectivity index is 2.37. The lowest BCUT2D eigenvalue weighted by Crippen LogP contribution is -2.40. The molecule has 1 unspecified atom stereocenters. The molecule has 1 aromatic carbocycles. The number of amides is 1. The summed E-state index contributed by atoms with van der Waals surface area (Å²) < 4.78 is 1.74. The van der Waals surface area contributed by atoms with Crippen molar-refractivity contribution in [3.63, 3.8) is 0 Å². The molecule has 6 nitrogen and oxygen atoms in total. The molecule has 0 bridgehead atoms. The number of aromatic nitrogens is 2. The highest BCUT2D eigenvalue weighted by atomic mass is 16.4. The average Bonchev–Trinajstić information content (AvgIpc) is 3.00. The number of carbonyl (C=O) groups is 2. The lowest BCUT2D eigenvalue weighted by Gasteiger charge is -2.16. The van der Waals surface area contributed by atoms with Crippen LogP contribution < -0.4 is 5.32 Å². The second-order valence-corrected chi connectivity index (χ2v) is 6.50. The minimum Gasteiger partial charge on any atom is -0.480 e. The normalized spacial score (nSPS) is 12.2. The smallest absolute Gasteiger partial charge is 0.326 e. The molecule has 2 rings (SSSR count). The van der Waals surface area contributed by atoms with Gasteiger partial charge < -0.3 is 10.4 Å². The number of nitrogens with one attached hydrogen (secondary N) is 1. The fourth-order valence-electron chi connectivity index (χ4n) is 2.76. The van der Waals surface area contributed by atoms with E-state index in [-0.39, 0.29) is 5.92 Å². The number of aryl methyl sites for hydroxylation is 1. The summed E-state index contributed by atoms with van der Waals surface area (Å²) in [7, 11) is 0. The number of aliphatic carboxylic acids is 1. The van der Waals surface area contributed by atoms with Gasteiger partial charge in [0.25, 0.3) is 5.91 Å². The van der Waals surface area contributed by atoms with E-state index < -0.39 is 17.9 Å². The summed E-state index contributed by atoms with van der Waals surface area (Å²) in [5, 5.41) is 16.2. The van der Waals surface area contributed by atoms with Crippen LogP contribution in [0.3, 0.4) is 0 Å². The molecule has 0 aliphatic carbocycles. The van der Waals surface area contributed by atoms with Crippen LogP contribution in [0.25, 0.3) is 5.69 Å². The Hall–Kier alpha value is -2.63. The number of carbonyl (C=O) groups excluding carboxylic acids is 1. The number of nitrogens with zero attached hydrogens (tertiary/aromatic N) is 2. The molecule has 1 aromatic heterocycles. The first-order valence-corrected chi connectivity index (χ1v) is 8.53. The highest BCUT2D eigenvalue weighted by Crippen LogP contribution is 2.23. The molecule has 0 saturated carbocycles. The Kier molecular flexibility index (Phi) is 5.96. The van der Waals surface area contributed by atoms with E-state index in [2.05, 4.69) is 10.4 Å². The monoisotopic (exact) mass is 343 g/mol. The minimum absolute atomic E-state index is 0.0546. The van der Waals surface area contributed by atoms with Gasteiger partial charge in [-0.25, -0.2) is 9.48 Å². The van der Waals surface area contributed by atoms with E-state index in [0.717, 1.165) is 16.9 Å². The number of carboxylic acid groups (broad SMARTS) is 1. The third-order valence-corrected chi connectivity index (χ3v) is 4.06. The van der Waals surface area contributed by atoms with E-state index in [0.29, 0.717) is 18.4 Å². The second-order valence-electron chi connectivity index (χ2n) is 6.50. The van der Waals surface area contributed by atoms with Gasteiger partial charge in [0.15, 0.2) is 0 Å². The van der Waals surface area contributed by atoms with E-state index in [4.69, 9.17) is 0 Å². The summed E-state index contributed by atoms with van der Waals surface area (Å²) in [6.07, 6.45) is 2.58. The van der Waals surface area contributed by atoms with Crippen molar-refractivity contribution in [2.24, 2.45) is 0 Å². The first kappa shape index (κ1) is 18.7. The first-order chi connectivity index (χ1) is 11.8. The lowest BCUT2D eigenvalue weighted by molar-refractivity contribution is -0.139. The zero-order valence-corrected chi connectivity index (χ0v) is 15.1. The Morgan fingerprint density at radius 2 is 1.88 bits per heavy atom. The highest BCUT2D eigenvalue weighted by molar-refractivity contribution is 5.97. The van der Waals surface area contributed by atoms with Crippen LogP contribution in [0.2, 0.25) is 0 Å². The Labute approximate surface area is 147 Å². The molecule has 0 aliphatic heterocycles. The largest absolute Gasteiger partial charge is 0.480 e. The molecule has 0 saturated heterocycles. The maximum atomic E-state index is 12.6.